The average Bonchev–Trinajstić information content (AvgIpc) is 2.92. The fourth-order valence-corrected chi connectivity index (χ4v) is 3.53. The van der Waals surface area contributed by atoms with Crippen LogP contribution in [0, 0.1) is 13.8 Å². The molecule has 1 aliphatic heterocycles. The molecule has 0 aliphatic carbocycles. The van der Waals surface area contributed by atoms with Gasteiger partial charge in [0.1, 0.15) is 0 Å². The standard InChI is InChI=1S/C21H28N4O2/c1-13-10-14(2)12-15(11-13)22-19(26)17-16-8-6-7-9-25(16)18(23-17)20(27)24-21(3,4)5/h10-12H,6-9H2,1-5H3,(H,22,26)(H,24,27). The molecule has 1 aromatic heterocycles. The Labute approximate surface area is 160 Å². The molecule has 6 heteroatoms. The summed E-state index contributed by atoms with van der Waals surface area (Å²) in [6.07, 6.45) is 2.73. The second-order valence-corrected chi connectivity index (χ2v) is 8.37. The minimum atomic E-state index is -0.361. The molecule has 0 saturated heterocycles. The zero-order valence-corrected chi connectivity index (χ0v) is 16.8. The summed E-state index contributed by atoms with van der Waals surface area (Å²) in [5.74, 6) is -0.179. The Balaban J connectivity index is 1.93. The molecule has 0 saturated carbocycles. The summed E-state index contributed by atoms with van der Waals surface area (Å²) in [6.45, 7) is 10.5. The quantitative estimate of drug-likeness (QED) is 0.869. The van der Waals surface area contributed by atoms with Crippen LogP contribution in [-0.2, 0) is 13.0 Å². The van der Waals surface area contributed by atoms with Gasteiger partial charge < -0.3 is 15.2 Å². The molecule has 27 heavy (non-hydrogen) atoms. The number of aromatic nitrogens is 2. The van der Waals surface area contributed by atoms with Crippen molar-refractivity contribution in [3.8, 4) is 0 Å². The van der Waals surface area contributed by atoms with Crippen LogP contribution in [0.25, 0.3) is 0 Å². The van der Waals surface area contributed by atoms with Gasteiger partial charge in [-0.05, 0) is 77.1 Å². The molecule has 0 fully saturated rings. The van der Waals surface area contributed by atoms with Crippen LogP contribution in [0.2, 0.25) is 0 Å². The van der Waals surface area contributed by atoms with Crippen molar-refractivity contribution in [1.82, 2.24) is 14.9 Å². The first-order chi connectivity index (χ1) is 12.6. The lowest BCUT2D eigenvalue weighted by Gasteiger charge is -2.22. The smallest absolute Gasteiger partial charge is 0.287 e. The maximum Gasteiger partial charge on any atom is 0.287 e. The molecular formula is C21H28N4O2. The van der Waals surface area contributed by atoms with Crippen LogP contribution in [0.5, 0.6) is 0 Å². The molecule has 1 aromatic carbocycles. The highest BCUT2D eigenvalue weighted by atomic mass is 16.2. The second-order valence-electron chi connectivity index (χ2n) is 8.37. The third kappa shape index (κ3) is 4.38. The van der Waals surface area contributed by atoms with Gasteiger partial charge in [0.25, 0.3) is 11.8 Å². The lowest BCUT2D eigenvalue weighted by molar-refractivity contribution is 0.0903. The molecule has 2 aromatic rings. The van der Waals surface area contributed by atoms with E-state index < -0.39 is 0 Å². The zero-order chi connectivity index (χ0) is 19.8. The molecular weight excluding hydrogens is 340 g/mol. The Morgan fingerprint density at radius 2 is 1.70 bits per heavy atom. The molecule has 144 valence electrons. The number of amides is 2. The number of hydrogen-bond acceptors (Lipinski definition) is 3. The van der Waals surface area contributed by atoms with Crippen LogP contribution < -0.4 is 10.6 Å². The number of anilines is 1. The molecule has 2 heterocycles. The number of hydrogen-bond donors (Lipinski definition) is 2. The Morgan fingerprint density at radius 3 is 2.33 bits per heavy atom. The summed E-state index contributed by atoms with van der Waals surface area (Å²) in [6, 6.07) is 5.92. The summed E-state index contributed by atoms with van der Waals surface area (Å²) in [5, 5.41) is 5.89. The van der Waals surface area contributed by atoms with E-state index in [4.69, 9.17) is 0 Å². The van der Waals surface area contributed by atoms with E-state index in [1.165, 1.54) is 0 Å². The van der Waals surface area contributed by atoms with Gasteiger partial charge >= 0.3 is 0 Å². The monoisotopic (exact) mass is 368 g/mol. The summed E-state index contributed by atoms with van der Waals surface area (Å²) in [5.41, 5.74) is 3.76. The maximum atomic E-state index is 12.9. The Kier molecular flexibility index (Phi) is 5.09. The number of carbonyl (C=O) groups excluding carboxylic acids is 2. The number of nitrogens with zero attached hydrogens (tertiary/aromatic N) is 2. The highest BCUT2D eigenvalue weighted by molar-refractivity contribution is 6.05. The second kappa shape index (κ2) is 7.18. The third-order valence-electron chi connectivity index (χ3n) is 4.50. The first-order valence-corrected chi connectivity index (χ1v) is 9.45. The van der Waals surface area contributed by atoms with Gasteiger partial charge in [0.2, 0.25) is 0 Å². The van der Waals surface area contributed by atoms with Crippen molar-refractivity contribution in [3.63, 3.8) is 0 Å². The number of fused-ring (bicyclic) bond motifs is 1. The molecule has 0 unspecified atom stereocenters. The van der Waals surface area contributed by atoms with E-state index in [0.717, 1.165) is 41.8 Å². The largest absolute Gasteiger partial charge is 0.345 e. The van der Waals surface area contributed by atoms with Gasteiger partial charge in [0.15, 0.2) is 11.5 Å². The minimum absolute atomic E-state index is 0.240. The third-order valence-corrected chi connectivity index (χ3v) is 4.50. The van der Waals surface area contributed by atoms with Gasteiger partial charge in [-0.3, -0.25) is 9.59 Å². The number of imidazole rings is 1. The maximum absolute atomic E-state index is 12.9. The number of aryl methyl sites for hydroxylation is 2. The van der Waals surface area contributed by atoms with Gasteiger partial charge in [-0.1, -0.05) is 6.07 Å². The number of benzene rings is 1. The van der Waals surface area contributed by atoms with Crippen LogP contribution in [0.3, 0.4) is 0 Å². The molecule has 0 radical (unpaired) electrons. The van der Waals surface area contributed by atoms with Crippen molar-refractivity contribution in [1.29, 1.82) is 0 Å². The predicted molar refractivity (Wildman–Crippen MR) is 106 cm³/mol. The van der Waals surface area contributed by atoms with Gasteiger partial charge in [0, 0.05) is 17.8 Å². The molecule has 2 N–H and O–H groups in total. The van der Waals surface area contributed by atoms with Crippen molar-refractivity contribution in [2.45, 2.75) is 66.0 Å². The van der Waals surface area contributed by atoms with Crippen LogP contribution in [-0.4, -0.2) is 26.9 Å². The van der Waals surface area contributed by atoms with E-state index in [0.29, 0.717) is 18.1 Å². The van der Waals surface area contributed by atoms with Crippen molar-refractivity contribution in [2.75, 3.05) is 5.32 Å². The fourth-order valence-electron chi connectivity index (χ4n) is 3.53. The van der Waals surface area contributed by atoms with E-state index in [1.807, 2.05) is 51.3 Å². The highest BCUT2D eigenvalue weighted by Gasteiger charge is 2.29. The SMILES string of the molecule is Cc1cc(C)cc(NC(=O)c2nc(C(=O)NC(C)(C)C)n3c2CCCC3)c1. The first-order valence-electron chi connectivity index (χ1n) is 9.45. The van der Waals surface area contributed by atoms with E-state index in [-0.39, 0.29) is 17.4 Å². The summed E-state index contributed by atoms with van der Waals surface area (Å²) in [7, 11) is 0. The molecule has 0 spiro atoms. The van der Waals surface area contributed by atoms with Crippen molar-refractivity contribution < 1.29 is 9.59 Å². The van der Waals surface area contributed by atoms with Crippen molar-refractivity contribution in [2.24, 2.45) is 0 Å². The lowest BCUT2D eigenvalue weighted by Crippen LogP contribution is -2.42. The summed E-state index contributed by atoms with van der Waals surface area (Å²) < 4.78 is 1.90. The minimum Gasteiger partial charge on any atom is -0.345 e. The normalized spacial score (nSPS) is 13.8. The highest BCUT2D eigenvalue weighted by Crippen LogP contribution is 2.23. The van der Waals surface area contributed by atoms with Crippen LogP contribution >= 0.6 is 0 Å². The van der Waals surface area contributed by atoms with Crippen molar-refractivity contribution in [3.05, 3.63) is 46.5 Å². The zero-order valence-electron chi connectivity index (χ0n) is 16.8. The molecule has 2 amide bonds. The average molecular weight is 368 g/mol. The summed E-state index contributed by atoms with van der Waals surface area (Å²) in [4.78, 5) is 30.1. The Bertz CT molecular complexity index is 870. The van der Waals surface area contributed by atoms with Crippen molar-refractivity contribution >= 4 is 17.5 Å². The molecule has 6 nitrogen and oxygen atoms in total. The van der Waals surface area contributed by atoms with Gasteiger partial charge in [-0.15, -0.1) is 0 Å². The van der Waals surface area contributed by atoms with Gasteiger partial charge in [0.05, 0.1) is 5.69 Å². The molecule has 0 bridgehead atoms. The topological polar surface area (TPSA) is 76.0 Å². The molecule has 0 atom stereocenters. The first kappa shape index (κ1) is 19.1. The number of nitrogens with one attached hydrogen (secondary N) is 2. The van der Waals surface area contributed by atoms with Crippen LogP contribution in [0.4, 0.5) is 5.69 Å². The van der Waals surface area contributed by atoms with Crippen LogP contribution in [0.15, 0.2) is 18.2 Å². The van der Waals surface area contributed by atoms with Gasteiger partial charge in [-0.2, -0.15) is 0 Å². The fraction of sp³-hybridized carbons (Fsp3) is 0.476. The van der Waals surface area contributed by atoms with Crippen LogP contribution in [0.1, 0.15) is 71.5 Å². The van der Waals surface area contributed by atoms with Gasteiger partial charge in [-0.25, -0.2) is 4.98 Å². The van der Waals surface area contributed by atoms with E-state index in [2.05, 4.69) is 21.7 Å². The lowest BCUT2D eigenvalue weighted by atomic mass is 10.1. The summed E-state index contributed by atoms with van der Waals surface area (Å²) >= 11 is 0. The number of carbonyl (C=O) groups is 2. The van der Waals surface area contributed by atoms with E-state index in [9.17, 15) is 9.59 Å². The predicted octanol–water partition coefficient (Wildman–Crippen LogP) is 3.62. The Hall–Kier alpha value is -2.63. The molecule has 1 aliphatic rings. The Morgan fingerprint density at radius 1 is 1.04 bits per heavy atom. The molecule has 3 rings (SSSR count). The van der Waals surface area contributed by atoms with E-state index in [1.54, 1.807) is 0 Å². The van der Waals surface area contributed by atoms with E-state index >= 15 is 0 Å². The number of rotatable bonds is 3.